The summed E-state index contributed by atoms with van der Waals surface area (Å²) in [6, 6.07) is 3.94. The minimum Gasteiger partial charge on any atom is -0.452 e. The number of piperidine rings is 1. The van der Waals surface area contributed by atoms with E-state index in [2.05, 4.69) is 4.74 Å². The standard InChI is InChI=1S/C17H21F3N2O5S/c1-12-5-6-13(16(24)27-10-15(23)21-11-17(18,19)20)9-14(12)28(25,26)22-7-3-2-4-8-22/h5-6,9H,2-4,7-8,10-11H2,1H3,(H,21,23). The average molecular weight is 422 g/mol. The van der Waals surface area contributed by atoms with Crippen molar-refractivity contribution in [1.29, 1.82) is 0 Å². The van der Waals surface area contributed by atoms with Crippen LogP contribution in [0.25, 0.3) is 0 Å². The van der Waals surface area contributed by atoms with Gasteiger partial charge in [0.15, 0.2) is 6.61 Å². The van der Waals surface area contributed by atoms with Gasteiger partial charge in [0, 0.05) is 13.1 Å². The lowest BCUT2D eigenvalue weighted by Gasteiger charge is -2.26. The number of esters is 1. The Balaban J connectivity index is 2.07. The van der Waals surface area contributed by atoms with Crippen LogP contribution in [0.2, 0.25) is 0 Å². The highest BCUT2D eigenvalue weighted by Crippen LogP contribution is 2.24. The summed E-state index contributed by atoms with van der Waals surface area (Å²) in [4.78, 5) is 23.4. The summed E-state index contributed by atoms with van der Waals surface area (Å²) in [6.07, 6.45) is -2.11. The summed E-state index contributed by atoms with van der Waals surface area (Å²) in [7, 11) is -3.78. The Hall–Kier alpha value is -2.14. The van der Waals surface area contributed by atoms with E-state index in [4.69, 9.17) is 0 Å². The molecule has 0 radical (unpaired) electrons. The molecule has 0 spiro atoms. The van der Waals surface area contributed by atoms with Crippen molar-refractivity contribution in [3.63, 3.8) is 0 Å². The van der Waals surface area contributed by atoms with Crippen LogP contribution in [-0.2, 0) is 19.6 Å². The number of aryl methyl sites for hydroxylation is 1. The van der Waals surface area contributed by atoms with Gasteiger partial charge in [-0.25, -0.2) is 13.2 Å². The minimum atomic E-state index is -4.58. The maximum atomic E-state index is 12.8. The first-order chi connectivity index (χ1) is 13.0. The Labute approximate surface area is 160 Å². The number of ether oxygens (including phenoxy) is 1. The summed E-state index contributed by atoms with van der Waals surface area (Å²) in [5.74, 6) is -2.11. The predicted octanol–water partition coefficient (Wildman–Crippen LogP) is 2.00. The highest BCUT2D eigenvalue weighted by Gasteiger charge is 2.29. The molecule has 7 nitrogen and oxygen atoms in total. The molecular formula is C17H21F3N2O5S. The van der Waals surface area contributed by atoms with Gasteiger partial charge in [-0.2, -0.15) is 17.5 Å². The number of halogens is 3. The van der Waals surface area contributed by atoms with Crippen molar-refractivity contribution < 1.29 is 35.9 Å². The van der Waals surface area contributed by atoms with Crippen LogP contribution >= 0.6 is 0 Å². The van der Waals surface area contributed by atoms with Crippen LogP contribution in [0.15, 0.2) is 23.1 Å². The highest BCUT2D eigenvalue weighted by atomic mass is 32.2. The lowest BCUT2D eigenvalue weighted by molar-refractivity contribution is -0.140. The molecule has 0 saturated carbocycles. The van der Waals surface area contributed by atoms with Crippen molar-refractivity contribution in [3.8, 4) is 0 Å². The molecule has 28 heavy (non-hydrogen) atoms. The second-order valence-electron chi connectivity index (χ2n) is 6.41. The van der Waals surface area contributed by atoms with Crippen LogP contribution in [0.4, 0.5) is 13.2 Å². The zero-order valence-electron chi connectivity index (χ0n) is 15.2. The lowest BCUT2D eigenvalue weighted by atomic mass is 10.1. The van der Waals surface area contributed by atoms with Crippen molar-refractivity contribution in [2.75, 3.05) is 26.2 Å². The fourth-order valence-corrected chi connectivity index (χ4v) is 4.48. The van der Waals surface area contributed by atoms with E-state index in [-0.39, 0.29) is 10.5 Å². The summed E-state index contributed by atoms with van der Waals surface area (Å²) in [5, 5.41) is 1.57. The minimum absolute atomic E-state index is 0.0367. The van der Waals surface area contributed by atoms with Crippen molar-refractivity contribution in [2.45, 2.75) is 37.3 Å². The summed E-state index contributed by atoms with van der Waals surface area (Å²) in [5.41, 5.74) is 0.342. The SMILES string of the molecule is Cc1ccc(C(=O)OCC(=O)NCC(F)(F)F)cc1S(=O)(=O)N1CCCCC1. The van der Waals surface area contributed by atoms with Gasteiger partial charge < -0.3 is 10.1 Å². The van der Waals surface area contributed by atoms with Crippen LogP contribution in [0.1, 0.15) is 35.2 Å². The maximum absolute atomic E-state index is 12.8. The third kappa shape index (κ3) is 5.93. The molecular weight excluding hydrogens is 401 g/mol. The second kappa shape index (κ2) is 8.91. The molecule has 1 aromatic carbocycles. The van der Waals surface area contributed by atoms with E-state index >= 15 is 0 Å². The fourth-order valence-electron chi connectivity index (χ4n) is 2.71. The van der Waals surface area contributed by atoms with Gasteiger partial charge in [-0.05, 0) is 37.5 Å². The van der Waals surface area contributed by atoms with E-state index in [1.165, 1.54) is 16.4 Å². The van der Waals surface area contributed by atoms with E-state index in [1.807, 2.05) is 0 Å². The van der Waals surface area contributed by atoms with E-state index in [9.17, 15) is 31.2 Å². The molecule has 1 fully saturated rings. The number of amides is 1. The lowest BCUT2D eigenvalue weighted by Crippen LogP contribution is -2.36. The number of nitrogens with one attached hydrogen (secondary N) is 1. The molecule has 0 aromatic heterocycles. The molecule has 0 bridgehead atoms. The number of carbonyl (C=O) groups excluding carboxylic acids is 2. The molecule has 0 aliphatic carbocycles. The van der Waals surface area contributed by atoms with Crippen LogP contribution in [0, 0.1) is 6.92 Å². The number of carbonyl (C=O) groups is 2. The first kappa shape index (κ1) is 22.2. The van der Waals surface area contributed by atoms with Crippen molar-refractivity contribution in [3.05, 3.63) is 29.3 Å². The molecule has 1 saturated heterocycles. The Morgan fingerprint density at radius 1 is 1.18 bits per heavy atom. The van der Waals surface area contributed by atoms with Crippen molar-refractivity contribution >= 4 is 21.9 Å². The first-order valence-electron chi connectivity index (χ1n) is 8.62. The summed E-state index contributed by atoms with van der Waals surface area (Å²) in [6.45, 7) is -0.0503. The van der Waals surface area contributed by atoms with Gasteiger partial charge in [-0.1, -0.05) is 12.5 Å². The van der Waals surface area contributed by atoms with Gasteiger partial charge in [0.2, 0.25) is 10.0 Å². The van der Waals surface area contributed by atoms with E-state index < -0.39 is 41.2 Å². The normalized spacial score (nSPS) is 15.9. The summed E-state index contributed by atoms with van der Waals surface area (Å²) < 4.78 is 67.8. The monoisotopic (exact) mass is 422 g/mol. The number of benzene rings is 1. The quantitative estimate of drug-likeness (QED) is 0.708. The molecule has 1 heterocycles. The fraction of sp³-hybridized carbons (Fsp3) is 0.529. The number of alkyl halides is 3. The van der Waals surface area contributed by atoms with Gasteiger partial charge in [0.05, 0.1) is 10.5 Å². The van der Waals surface area contributed by atoms with Gasteiger partial charge >= 0.3 is 12.1 Å². The average Bonchev–Trinajstić information content (AvgIpc) is 2.64. The van der Waals surface area contributed by atoms with Gasteiger partial charge in [0.1, 0.15) is 6.54 Å². The Morgan fingerprint density at radius 2 is 1.82 bits per heavy atom. The van der Waals surface area contributed by atoms with E-state index in [1.54, 1.807) is 12.2 Å². The first-order valence-corrected chi connectivity index (χ1v) is 10.1. The molecule has 11 heteroatoms. The number of hydrogen-bond donors (Lipinski definition) is 1. The second-order valence-corrected chi connectivity index (χ2v) is 8.32. The summed E-state index contributed by atoms with van der Waals surface area (Å²) >= 11 is 0. The third-order valence-electron chi connectivity index (χ3n) is 4.18. The van der Waals surface area contributed by atoms with Crippen LogP contribution in [-0.4, -0.2) is 57.0 Å². The van der Waals surface area contributed by atoms with Crippen LogP contribution in [0.5, 0.6) is 0 Å². The Bertz CT molecular complexity index is 834. The van der Waals surface area contributed by atoms with E-state index in [0.717, 1.165) is 25.3 Å². The number of rotatable bonds is 6. The molecule has 2 rings (SSSR count). The Kier molecular flexibility index (Phi) is 7.05. The van der Waals surface area contributed by atoms with Gasteiger partial charge in [-0.3, -0.25) is 4.79 Å². The molecule has 1 aromatic rings. The predicted molar refractivity (Wildman–Crippen MR) is 93.1 cm³/mol. The van der Waals surface area contributed by atoms with Crippen molar-refractivity contribution in [1.82, 2.24) is 9.62 Å². The van der Waals surface area contributed by atoms with Crippen LogP contribution < -0.4 is 5.32 Å². The molecule has 0 atom stereocenters. The zero-order valence-corrected chi connectivity index (χ0v) is 16.0. The molecule has 1 aliphatic rings. The van der Waals surface area contributed by atoms with Gasteiger partial charge in [0.25, 0.3) is 5.91 Å². The molecule has 1 amide bonds. The van der Waals surface area contributed by atoms with E-state index in [0.29, 0.717) is 18.7 Å². The zero-order chi connectivity index (χ0) is 20.9. The molecule has 1 N–H and O–H groups in total. The molecule has 156 valence electrons. The number of nitrogens with zero attached hydrogens (tertiary/aromatic N) is 1. The Morgan fingerprint density at radius 3 is 2.43 bits per heavy atom. The maximum Gasteiger partial charge on any atom is 0.405 e. The molecule has 0 unspecified atom stereocenters. The van der Waals surface area contributed by atoms with Crippen LogP contribution in [0.3, 0.4) is 0 Å². The number of hydrogen-bond acceptors (Lipinski definition) is 5. The van der Waals surface area contributed by atoms with Crippen molar-refractivity contribution in [2.24, 2.45) is 0 Å². The molecule has 1 aliphatic heterocycles. The topological polar surface area (TPSA) is 92.8 Å². The highest BCUT2D eigenvalue weighted by molar-refractivity contribution is 7.89. The third-order valence-corrected chi connectivity index (χ3v) is 6.22. The smallest absolute Gasteiger partial charge is 0.405 e. The van der Waals surface area contributed by atoms with Gasteiger partial charge in [-0.15, -0.1) is 0 Å². The number of sulfonamides is 1. The largest absolute Gasteiger partial charge is 0.452 e.